The van der Waals surface area contributed by atoms with Gasteiger partial charge < -0.3 is 20.9 Å². The van der Waals surface area contributed by atoms with E-state index in [2.05, 4.69) is 33.0 Å². The Kier molecular flexibility index (Phi) is 4.72. The molecule has 1 aromatic carbocycles. The summed E-state index contributed by atoms with van der Waals surface area (Å²) in [6.45, 7) is 6.05. The van der Waals surface area contributed by atoms with Crippen molar-refractivity contribution in [2.45, 2.75) is 12.8 Å². The first-order chi connectivity index (χ1) is 10.3. The van der Waals surface area contributed by atoms with Gasteiger partial charge in [0.05, 0.1) is 0 Å². The van der Waals surface area contributed by atoms with E-state index in [1.807, 2.05) is 12.1 Å². The summed E-state index contributed by atoms with van der Waals surface area (Å²) in [5.74, 6) is 0.311. The highest BCUT2D eigenvalue weighted by molar-refractivity contribution is 5.92. The van der Waals surface area contributed by atoms with Gasteiger partial charge in [0.25, 0.3) is 0 Å². The van der Waals surface area contributed by atoms with Gasteiger partial charge in [0.15, 0.2) is 0 Å². The second-order valence-electron chi connectivity index (χ2n) is 5.80. The van der Waals surface area contributed by atoms with Gasteiger partial charge in [-0.05, 0) is 50.2 Å². The molecule has 114 valence electrons. The average molecular weight is 288 g/mol. The number of piperazine rings is 1. The molecule has 0 spiro atoms. The summed E-state index contributed by atoms with van der Waals surface area (Å²) in [6.07, 6.45) is 1.87. The zero-order chi connectivity index (χ0) is 14.5. The van der Waals surface area contributed by atoms with Crippen LogP contribution in [0.2, 0.25) is 0 Å². The molecule has 0 saturated carbocycles. The molecule has 0 aliphatic carbocycles. The number of rotatable bonds is 3. The molecule has 1 aromatic rings. The summed E-state index contributed by atoms with van der Waals surface area (Å²) in [6, 6.07) is 8.22. The van der Waals surface area contributed by atoms with Crippen molar-refractivity contribution in [3.8, 4) is 0 Å². The highest BCUT2D eigenvalue weighted by Gasteiger charge is 2.20. The van der Waals surface area contributed by atoms with Crippen LogP contribution in [0.1, 0.15) is 12.8 Å². The van der Waals surface area contributed by atoms with Crippen molar-refractivity contribution in [3.05, 3.63) is 24.3 Å². The Morgan fingerprint density at radius 2 is 1.62 bits per heavy atom. The Morgan fingerprint density at radius 3 is 2.29 bits per heavy atom. The van der Waals surface area contributed by atoms with Crippen molar-refractivity contribution in [1.82, 2.24) is 10.6 Å². The first-order valence-corrected chi connectivity index (χ1v) is 7.90. The van der Waals surface area contributed by atoms with E-state index in [-0.39, 0.29) is 11.8 Å². The third kappa shape index (κ3) is 3.74. The maximum Gasteiger partial charge on any atom is 0.227 e. The molecule has 5 heteroatoms. The standard InChI is InChI=1S/C16H24N4O/c21-16(13-5-7-17-8-6-13)19-14-1-3-15(4-2-14)20-11-9-18-10-12-20/h1-4,13,17-18H,5-12H2,(H,19,21). The molecular weight excluding hydrogens is 264 g/mol. The van der Waals surface area contributed by atoms with Crippen LogP contribution in [-0.4, -0.2) is 45.2 Å². The van der Waals surface area contributed by atoms with Crippen LogP contribution >= 0.6 is 0 Å². The molecule has 0 bridgehead atoms. The maximum absolute atomic E-state index is 12.2. The van der Waals surface area contributed by atoms with E-state index in [1.165, 1.54) is 5.69 Å². The van der Waals surface area contributed by atoms with Crippen LogP contribution in [0.3, 0.4) is 0 Å². The van der Waals surface area contributed by atoms with Crippen LogP contribution in [0, 0.1) is 5.92 Å². The Hall–Kier alpha value is -1.59. The predicted octanol–water partition coefficient (Wildman–Crippen LogP) is 1.03. The molecule has 0 radical (unpaired) electrons. The predicted molar refractivity (Wildman–Crippen MR) is 85.7 cm³/mol. The molecule has 2 heterocycles. The molecule has 3 rings (SSSR count). The van der Waals surface area contributed by atoms with Crippen LogP contribution in [0.5, 0.6) is 0 Å². The smallest absolute Gasteiger partial charge is 0.227 e. The van der Waals surface area contributed by atoms with Crippen molar-refractivity contribution in [2.75, 3.05) is 49.5 Å². The fraction of sp³-hybridized carbons (Fsp3) is 0.562. The lowest BCUT2D eigenvalue weighted by molar-refractivity contribution is -0.120. The summed E-state index contributed by atoms with van der Waals surface area (Å²) in [5.41, 5.74) is 2.13. The van der Waals surface area contributed by atoms with Crippen molar-refractivity contribution in [2.24, 2.45) is 5.92 Å². The molecule has 2 aliphatic heterocycles. The molecule has 5 nitrogen and oxygen atoms in total. The van der Waals surface area contributed by atoms with Crippen molar-refractivity contribution >= 4 is 17.3 Å². The molecular formula is C16H24N4O. The van der Waals surface area contributed by atoms with Gasteiger partial charge >= 0.3 is 0 Å². The number of hydrogen-bond acceptors (Lipinski definition) is 4. The highest BCUT2D eigenvalue weighted by atomic mass is 16.1. The molecule has 2 fully saturated rings. The van der Waals surface area contributed by atoms with Gasteiger partial charge in [0.2, 0.25) is 5.91 Å². The molecule has 0 atom stereocenters. The average Bonchev–Trinajstić information content (AvgIpc) is 2.57. The Labute approximate surface area is 126 Å². The molecule has 0 unspecified atom stereocenters. The second kappa shape index (κ2) is 6.91. The van der Waals surface area contributed by atoms with Crippen LogP contribution in [-0.2, 0) is 4.79 Å². The minimum absolute atomic E-state index is 0.152. The zero-order valence-electron chi connectivity index (χ0n) is 12.4. The summed E-state index contributed by atoms with van der Waals surface area (Å²) in [7, 11) is 0. The van der Waals surface area contributed by atoms with Crippen molar-refractivity contribution in [1.29, 1.82) is 0 Å². The number of nitrogens with zero attached hydrogens (tertiary/aromatic N) is 1. The first kappa shape index (κ1) is 14.4. The van der Waals surface area contributed by atoms with E-state index < -0.39 is 0 Å². The molecule has 0 aromatic heterocycles. The minimum atomic E-state index is 0.152. The number of hydrogen-bond donors (Lipinski definition) is 3. The van der Waals surface area contributed by atoms with Gasteiger partial charge in [-0.15, -0.1) is 0 Å². The third-order valence-corrected chi connectivity index (χ3v) is 4.33. The number of nitrogens with one attached hydrogen (secondary N) is 3. The number of anilines is 2. The first-order valence-electron chi connectivity index (χ1n) is 7.90. The zero-order valence-corrected chi connectivity index (χ0v) is 12.4. The highest BCUT2D eigenvalue weighted by Crippen LogP contribution is 2.20. The van der Waals surface area contributed by atoms with E-state index in [0.717, 1.165) is 57.8 Å². The summed E-state index contributed by atoms with van der Waals surface area (Å²) >= 11 is 0. The topological polar surface area (TPSA) is 56.4 Å². The molecule has 1 amide bonds. The summed E-state index contributed by atoms with van der Waals surface area (Å²) in [4.78, 5) is 14.6. The van der Waals surface area contributed by atoms with Crippen LogP contribution in [0.25, 0.3) is 0 Å². The van der Waals surface area contributed by atoms with Gasteiger partial charge in [0.1, 0.15) is 0 Å². The normalized spacial score (nSPS) is 20.3. The minimum Gasteiger partial charge on any atom is -0.369 e. The van der Waals surface area contributed by atoms with E-state index in [9.17, 15) is 4.79 Å². The van der Waals surface area contributed by atoms with E-state index in [0.29, 0.717) is 0 Å². The monoisotopic (exact) mass is 288 g/mol. The van der Waals surface area contributed by atoms with Crippen LogP contribution in [0.4, 0.5) is 11.4 Å². The van der Waals surface area contributed by atoms with E-state index in [1.54, 1.807) is 0 Å². The summed E-state index contributed by atoms with van der Waals surface area (Å²) < 4.78 is 0. The lowest BCUT2D eigenvalue weighted by atomic mass is 9.97. The van der Waals surface area contributed by atoms with Crippen molar-refractivity contribution in [3.63, 3.8) is 0 Å². The quantitative estimate of drug-likeness (QED) is 0.778. The second-order valence-corrected chi connectivity index (χ2v) is 5.80. The van der Waals surface area contributed by atoms with Crippen LogP contribution in [0.15, 0.2) is 24.3 Å². The van der Waals surface area contributed by atoms with E-state index >= 15 is 0 Å². The largest absolute Gasteiger partial charge is 0.369 e. The van der Waals surface area contributed by atoms with Crippen molar-refractivity contribution < 1.29 is 4.79 Å². The van der Waals surface area contributed by atoms with Gasteiger partial charge in [-0.1, -0.05) is 0 Å². The summed E-state index contributed by atoms with van der Waals surface area (Å²) in [5, 5.41) is 9.69. The SMILES string of the molecule is O=C(Nc1ccc(N2CCNCC2)cc1)C1CCNCC1. The van der Waals surface area contributed by atoms with Gasteiger partial charge in [-0.3, -0.25) is 4.79 Å². The van der Waals surface area contributed by atoms with Gasteiger partial charge in [-0.2, -0.15) is 0 Å². The number of carbonyl (C=O) groups is 1. The van der Waals surface area contributed by atoms with Gasteiger partial charge in [-0.25, -0.2) is 0 Å². The van der Waals surface area contributed by atoms with Crippen LogP contribution < -0.4 is 20.9 Å². The number of amides is 1. The molecule has 3 N–H and O–H groups in total. The number of carbonyl (C=O) groups excluding carboxylic acids is 1. The molecule has 2 saturated heterocycles. The Balaban J connectivity index is 1.57. The molecule has 21 heavy (non-hydrogen) atoms. The fourth-order valence-electron chi connectivity index (χ4n) is 3.01. The van der Waals surface area contributed by atoms with Gasteiger partial charge in [0, 0.05) is 43.5 Å². The fourth-order valence-corrected chi connectivity index (χ4v) is 3.01. The Bertz CT molecular complexity index is 462. The number of benzene rings is 1. The third-order valence-electron chi connectivity index (χ3n) is 4.33. The van der Waals surface area contributed by atoms with E-state index in [4.69, 9.17) is 0 Å². The lowest BCUT2D eigenvalue weighted by Gasteiger charge is -2.29. The lowest BCUT2D eigenvalue weighted by Crippen LogP contribution is -2.43. The maximum atomic E-state index is 12.2. The number of piperidine rings is 1. The Morgan fingerprint density at radius 1 is 1.00 bits per heavy atom. The molecule has 2 aliphatic rings.